The Morgan fingerprint density at radius 2 is 1.74 bits per heavy atom. The Morgan fingerprint density at radius 3 is 2.41 bits per heavy atom. The van der Waals surface area contributed by atoms with Gasteiger partial charge < -0.3 is 9.80 Å². The molecular formula is C18H18Cl2N5O2+. The Bertz CT molecular complexity index is 871. The van der Waals surface area contributed by atoms with Crippen molar-refractivity contribution in [2.45, 2.75) is 12.5 Å². The Hall–Kier alpha value is -2.22. The van der Waals surface area contributed by atoms with Crippen molar-refractivity contribution in [2.24, 2.45) is 0 Å². The minimum Gasteiger partial charge on any atom is -0.330 e. The maximum atomic E-state index is 12.9. The van der Waals surface area contributed by atoms with Crippen molar-refractivity contribution < 1.29 is 14.5 Å². The fourth-order valence-electron chi connectivity index (χ4n) is 3.64. The van der Waals surface area contributed by atoms with Gasteiger partial charge in [-0.25, -0.2) is 14.9 Å². The fraction of sp³-hybridized carbons (Fsp3) is 0.333. The third-order valence-corrected chi connectivity index (χ3v) is 5.78. The van der Waals surface area contributed by atoms with Crippen molar-refractivity contribution >= 4 is 46.7 Å². The number of anilines is 2. The molecule has 1 aromatic heterocycles. The molecule has 9 heteroatoms. The summed E-state index contributed by atoms with van der Waals surface area (Å²) >= 11 is 12.0. The highest BCUT2D eigenvalue weighted by Gasteiger charge is 2.46. The number of rotatable bonds is 3. The van der Waals surface area contributed by atoms with E-state index in [1.165, 1.54) is 4.90 Å². The average Bonchev–Trinajstić information content (AvgIpc) is 2.99. The number of carbonyl (C=O) groups excluding carboxylic acids is 2. The molecule has 1 N–H and O–H groups in total. The topological polar surface area (TPSA) is 70.8 Å². The van der Waals surface area contributed by atoms with E-state index in [0.717, 1.165) is 31.1 Å². The van der Waals surface area contributed by atoms with Gasteiger partial charge in [-0.3, -0.25) is 9.59 Å². The Kier molecular flexibility index (Phi) is 4.99. The van der Waals surface area contributed by atoms with Crippen molar-refractivity contribution in [3.63, 3.8) is 0 Å². The van der Waals surface area contributed by atoms with Gasteiger partial charge in [-0.15, -0.1) is 0 Å². The molecule has 0 radical (unpaired) electrons. The lowest BCUT2D eigenvalue weighted by molar-refractivity contribution is -0.915. The molecule has 1 atom stereocenters. The molecule has 2 amide bonds. The van der Waals surface area contributed by atoms with Crippen LogP contribution in [0.2, 0.25) is 10.0 Å². The minimum atomic E-state index is -0.370. The molecule has 27 heavy (non-hydrogen) atoms. The van der Waals surface area contributed by atoms with Crippen molar-refractivity contribution in [3.05, 3.63) is 46.7 Å². The molecule has 0 unspecified atom stereocenters. The van der Waals surface area contributed by atoms with Gasteiger partial charge in [-0.2, -0.15) is 0 Å². The van der Waals surface area contributed by atoms with E-state index in [2.05, 4.69) is 14.9 Å². The van der Waals surface area contributed by atoms with Crippen LogP contribution in [0.4, 0.5) is 11.6 Å². The zero-order valence-corrected chi connectivity index (χ0v) is 16.0. The zero-order valence-electron chi connectivity index (χ0n) is 14.4. The molecule has 2 saturated heterocycles. The average molecular weight is 407 g/mol. The molecule has 0 aliphatic carbocycles. The van der Waals surface area contributed by atoms with E-state index in [-0.39, 0.29) is 24.3 Å². The van der Waals surface area contributed by atoms with Crippen LogP contribution in [0.5, 0.6) is 0 Å². The van der Waals surface area contributed by atoms with E-state index in [0.29, 0.717) is 21.7 Å². The smallest absolute Gasteiger partial charge is 0.292 e. The van der Waals surface area contributed by atoms with Crippen LogP contribution in [0.1, 0.15) is 6.42 Å². The summed E-state index contributed by atoms with van der Waals surface area (Å²) in [5.41, 5.74) is 0.470. The number of nitrogens with zero attached hydrogens (tertiary/aromatic N) is 4. The third kappa shape index (κ3) is 3.50. The van der Waals surface area contributed by atoms with E-state index in [1.54, 1.807) is 36.7 Å². The van der Waals surface area contributed by atoms with Crippen LogP contribution in [0.25, 0.3) is 0 Å². The van der Waals surface area contributed by atoms with Crippen LogP contribution in [0.15, 0.2) is 36.7 Å². The first kappa shape index (κ1) is 18.2. The first-order chi connectivity index (χ1) is 13.0. The molecule has 2 fully saturated rings. The van der Waals surface area contributed by atoms with E-state index in [1.807, 2.05) is 0 Å². The highest BCUT2D eigenvalue weighted by Crippen LogP contribution is 2.29. The van der Waals surface area contributed by atoms with Gasteiger partial charge in [-0.05, 0) is 24.3 Å². The largest absolute Gasteiger partial charge is 0.330 e. The predicted octanol–water partition coefficient (Wildman–Crippen LogP) is 0.820. The first-order valence-corrected chi connectivity index (χ1v) is 9.48. The first-order valence-electron chi connectivity index (χ1n) is 8.73. The summed E-state index contributed by atoms with van der Waals surface area (Å²) in [6.45, 7) is 2.97. The minimum absolute atomic E-state index is 0.183. The normalized spacial score (nSPS) is 21.2. The van der Waals surface area contributed by atoms with Crippen LogP contribution in [0, 0.1) is 0 Å². The van der Waals surface area contributed by atoms with Crippen molar-refractivity contribution in [2.75, 3.05) is 36.0 Å². The third-order valence-electron chi connectivity index (χ3n) is 5.04. The number of carbonyl (C=O) groups is 2. The van der Waals surface area contributed by atoms with Crippen molar-refractivity contribution in [1.82, 2.24) is 9.97 Å². The van der Waals surface area contributed by atoms with Gasteiger partial charge in [0.1, 0.15) is 0 Å². The number of imide groups is 1. The summed E-state index contributed by atoms with van der Waals surface area (Å²) in [4.78, 5) is 38.4. The molecule has 3 heterocycles. The van der Waals surface area contributed by atoms with E-state index in [4.69, 9.17) is 23.2 Å². The van der Waals surface area contributed by atoms with Crippen LogP contribution in [-0.4, -0.2) is 54.0 Å². The van der Waals surface area contributed by atoms with Gasteiger partial charge in [0.25, 0.3) is 5.91 Å². The van der Waals surface area contributed by atoms with Crippen molar-refractivity contribution in [1.29, 1.82) is 0 Å². The van der Waals surface area contributed by atoms with E-state index >= 15 is 0 Å². The van der Waals surface area contributed by atoms with Crippen molar-refractivity contribution in [3.8, 4) is 0 Å². The number of quaternary nitrogens is 1. The second-order valence-electron chi connectivity index (χ2n) is 6.62. The maximum Gasteiger partial charge on any atom is 0.292 e. The van der Waals surface area contributed by atoms with E-state index < -0.39 is 0 Å². The number of hydrogen-bond acceptors (Lipinski definition) is 5. The molecule has 7 nitrogen and oxygen atoms in total. The summed E-state index contributed by atoms with van der Waals surface area (Å²) in [6.07, 6.45) is 3.64. The lowest BCUT2D eigenvalue weighted by Crippen LogP contribution is -3.19. The second-order valence-corrected chi connectivity index (χ2v) is 7.43. The van der Waals surface area contributed by atoms with Crippen LogP contribution in [-0.2, 0) is 9.59 Å². The van der Waals surface area contributed by atoms with Gasteiger partial charge in [0, 0.05) is 12.4 Å². The molecular weight excluding hydrogens is 389 g/mol. The summed E-state index contributed by atoms with van der Waals surface area (Å²) in [5.74, 6) is 0.310. The molecule has 2 aromatic rings. The summed E-state index contributed by atoms with van der Waals surface area (Å²) < 4.78 is 0. The number of halogens is 2. The highest BCUT2D eigenvalue weighted by molar-refractivity contribution is 6.42. The summed E-state index contributed by atoms with van der Waals surface area (Å²) in [6, 6.07) is 6.21. The number of piperazine rings is 1. The number of amides is 2. The molecule has 2 aliphatic heterocycles. The van der Waals surface area contributed by atoms with E-state index in [9.17, 15) is 9.59 Å². The predicted molar refractivity (Wildman–Crippen MR) is 102 cm³/mol. The molecule has 4 rings (SSSR count). The number of benzene rings is 1. The Morgan fingerprint density at radius 1 is 1.04 bits per heavy atom. The lowest BCUT2D eigenvalue weighted by atomic mass is 10.2. The maximum absolute atomic E-state index is 12.9. The van der Waals surface area contributed by atoms with Gasteiger partial charge in [0.05, 0.1) is 48.3 Å². The number of aromatic nitrogens is 2. The standard InChI is InChI=1S/C18H17Cl2N5O2/c19-13-3-2-12(10-14(13)20)25-16(26)11-15(17(25)27)23-6-8-24(9-7-23)18-21-4-1-5-22-18/h1-5,10,15H,6-9,11H2/p+1/t15-/m0/s1. The molecule has 1 aromatic carbocycles. The van der Waals surface area contributed by atoms with Crippen LogP contribution >= 0.6 is 23.2 Å². The van der Waals surface area contributed by atoms with Gasteiger partial charge >= 0.3 is 0 Å². The van der Waals surface area contributed by atoms with Crippen LogP contribution in [0.3, 0.4) is 0 Å². The monoisotopic (exact) mass is 406 g/mol. The SMILES string of the molecule is O=C1C[C@H]([NH+]2CCN(c3ncccn3)CC2)C(=O)N1c1ccc(Cl)c(Cl)c1. The zero-order chi connectivity index (χ0) is 19.0. The Balaban J connectivity index is 1.45. The van der Waals surface area contributed by atoms with Gasteiger partial charge in [-0.1, -0.05) is 23.2 Å². The number of hydrogen-bond donors (Lipinski definition) is 1. The summed E-state index contributed by atoms with van der Waals surface area (Å²) in [5, 5.41) is 0.711. The fourth-order valence-corrected chi connectivity index (χ4v) is 3.94. The molecule has 0 bridgehead atoms. The molecule has 140 valence electrons. The second kappa shape index (κ2) is 7.42. The lowest BCUT2D eigenvalue weighted by Gasteiger charge is -2.34. The van der Waals surface area contributed by atoms with Gasteiger partial charge in [0.15, 0.2) is 6.04 Å². The summed E-state index contributed by atoms with van der Waals surface area (Å²) in [7, 11) is 0. The Labute approximate surface area is 166 Å². The van der Waals surface area contributed by atoms with Crippen LogP contribution < -0.4 is 14.7 Å². The highest BCUT2D eigenvalue weighted by atomic mass is 35.5. The van der Waals surface area contributed by atoms with Gasteiger partial charge in [0.2, 0.25) is 11.9 Å². The number of nitrogens with one attached hydrogen (secondary N) is 1. The molecule has 0 spiro atoms. The quantitative estimate of drug-likeness (QED) is 0.764. The molecule has 0 saturated carbocycles. The molecule has 2 aliphatic rings.